The van der Waals surface area contributed by atoms with Crippen molar-refractivity contribution in [3.8, 4) is 12.3 Å². The molecule has 0 saturated carbocycles. The third-order valence-electron chi connectivity index (χ3n) is 1.12. The molecule has 1 N–H and O–H groups in total. The molecule has 3 nitrogen and oxygen atoms in total. The highest BCUT2D eigenvalue weighted by Crippen LogP contribution is 2.02. The summed E-state index contributed by atoms with van der Waals surface area (Å²) in [7, 11) is -3.33. The van der Waals surface area contributed by atoms with E-state index in [1.807, 2.05) is 0 Å². The molecule has 0 aliphatic heterocycles. The Morgan fingerprint density at radius 2 is 2.08 bits per heavy atom. The fourth-order valence-electron chi connectivity index (χ4n) is 0.571. The number of rotatable bonds is 4. The van der Waals surface area contributed by atoms with Crippen LogP contribution in [0.25, 0.3) is 0 Å². The van der Waals surface area contributed by atoms with Crippen molar-refractivity contribution in [2.75, 3.05) is 11.6 Å². The maximum absolute atomic E-state index is 11.1. The molecular formula is C7H12ClNO2S. The van der Waals surface area contributed by atoms with Gasteiger partial charge in [0.25, 0.3) is 0 Å². The van der Waals surface area contributed by atoms with E-state index in [0.717, 1.165) is 0 Å². The van der Waals surface area contributed by atoms with Crippen molar-refractivity contribution in [2.45, 2.75) is 19.4 Å². The lowest BCUT2D eigenvalue weighted by Gasteiger charge is -2.18. The Hall–Kier alpha value is -0.240. The highest BCUT2D eigenvalue weighted by molar-refractivity contribution is 7.89. The second-order valence-corrected chi connectivity index (χ2v) is 5.10. The minimum absolute atomic E-state index is 0.0655. The van der Waals surface area contributed by atoms with Crippen LogP contribution in [0.1, 0.15) is 13.8 Å². The Kier molecular flexibility index (Phi) is 4.04. The molecular weight excluding hydrogens is 198 g/mol. The molecule has 0 aliphatic rings. The Labute approximate surface area is 78.5 Å². The van der Waals surface area contributed by atoms with Gasteiger partial charge in [-0.25, -0.2) is 8.42 Å². The van der Waals surface area contributed by atoms with Gasteiger partial charge in [0.15, 0.2) is 0 Å². The van der Waals surface area contributed by atoms with Crippen LogP contribution in [-0.4, -0.2) is 25.6 Å². The first-order valence-electron chi connectivity index (χ1n) is 3.38. The summed E-state index contributed by atoms with van der Waals surface area (Å²) in [6.07, 6.45) is 5.10. The van der Waals surface area contributed by atoms with Gasteiger partial charge in [0, 0.05) is 5.88 Å². The number of halogens is 1. The maximum atomic E-state index is 11.1. The molecule has 0 aliphatic carbocycles. The second kappa shape index (κ2) is 4.13. The van der Waals surface area contributed by atoms with E-state index in [1.54, 1.807) is 13.8 Å². The number of nitrogens with one attached hydrogen (secondary N) is 1. The zero-order valence-electron chi connectivity index (χ0n) is 7.09. The van der Waals surface area contributed by atoms with Crippen molar-refractivity contribution in [3.05, 3.63) is 0 Å². The monoisotopic (exact) mass is 209 g/mol. The third kappa shape index (κ3) is 4.60. The molecule has 0 rings (SSSR count). The van der Waals surface area contributed by atoms with Crippen LogP contribution in [-0.2, 0) is 10.0 Å². The highest BCUT2D eigenvalue weighted by Gasteiger charge is 2.21. The zero-order valence-corrected chi connectivity index (χ0v) is 8.67. The molecule has 0 aromatic rings. The van der Waals surface area contributed by atoms with E-state index >= 15 is 0 Å². The van der Waals surface area contributed by atoms with Crippen LogP contribution < -0.4 is 4.72 Å². The maximum Gasteiger partial charge on any atom is 0.214 e. The van der Waals surface area contributed by atoms with Crippen LogP contribution in [0.5, 0.6) is 0 Å². The third-order valence-corrected chi connectivity index (χ3v) is 3.09. The Morgan fingerprint density at radius 1 is 1.58 bits per heavy atom. The summed E-state index contributed by atoms with van der Waals surface area (Å²) in [5.41, 5.74) is -0.842. The van der Waals surface area contributed by atoms with E-state index < -0.39 is 15.6 Å². The van der Waals surface area contributed by atoms with Crippen molar-refractivity contribution in [1.82, 2.24) is 4.72 Å². The van der Waals surface area contributed by atoms with Crippen LogP contribution in [0.2, 0.25) is 0 Å². The Morgan fingerprint density at radius 3 is 2.42 bits per heavy atom. The van der Waals surface area contributed by atoms with Crippen LogP contribution in [0.4, 0.5) is 0 Å². The van der Waals surface area contributed by atoms with E-state index in [4.69, 9.17) is 18.0 Å². The topological polar surface area (TPSA) is 46.2 Å². The van der Waals surface area contributed by atoms with Gasteiger partial charge in [-0.2, -0.15) is 4.72 Å². The Bertz CT molecular complexity index is 276. The number of sulfonamides is 1. The lowest BCUT2D eigenvalue weighted by molar-refractivity contribution is 0.540. The van der Waals surface area contributed by atoms with E-state index in [1.165, 1.54) is 0 Å². The summed E-state index contributed by atoms with van der Waals surface area (Å²) in [6, 6.07) is 0. The molecule has 12 heavy (non-hydrogen) atoms. The highest BCUT2D eigenvalue weighted by atomic mass is 35.5. The summed E-state index contributed by atoms with van der Waals surface area (Å²) in [4.78, 5) is 0. The number of terminal acetylenes is 1. The SMILES string of the molecule is C#CC(C)(C)NS(=O)(=O)CCCl. The first-order valence-corrected chi connectivity index (χ1v) is 5.57. The number of alkyl halides is 1. The molecule has 0 fully saturated rings. The van der Waals surface area contributed by atoms with Crippen LogP contribution in [0.3, 0.4) is 0 Å². The predicted molar refractivity (Wildman–Crippen MR) is 50.6 cm³/mol. The van der Waals surface area contributed by atoms with Gasteiger partial charge >= 0.3 is 0 Å². The average molecular weight is 210 g/mol. The standard InChI is InChI=1S/C7H12ClNO2S/c1-4-7(2,3)9-12(10,11)6-5-8/h1,9H,5-6H2,2-3H3. The molecule has 0 radical (unpaired) electrons. The summed E-state index contributed by atoms with van der Waals surface area (Å²) in [5, 5.41) is 0. The normalized spacial score (nSPS) is 12.5. The summed E-state index contributed by atoms with van der Waals surface area (Å²) < 4.78 is 24.6. The van der Waals surface area contributed by atoms with Crippen molar-refractivity contribution in [1.29, 1.82) is 0 Å². The number of hydrogen-bond donors (Lipinski definition) is 1. The molecule has 0 bridgehead atoms. The van der Waals surface area contributed by atoms with Gasteiger partial charge < -0.3 is 0 Å². The van der Waals surface area contributed by atoms with Gasteiger partial charge in [0.05, 0.1) is 11.3 Å². The molecule has 70 valence electrons. The molecule has 0 atom stereocenters. The average Bonchev–Trinajstić information content (AvgIpc) is 1.85. The van der Waals surface area contributed by atoms with Crippen LogP contribution in [0.15, 0.2) is 0 Å². The van der Waals surface area contributed by atoms with Crippen molar-refractivity contribution >= 4 is 21.6 Å². The fourth-order valence-corrected chi connectivity index (χ4v) is 2.32. The van der Waals surface area contributed by atoms with Gasteiger partial charge in [-0.15, -0.1) is 18.0 Å². The minimum atomic E-state index is -3.33. The van der Waals surface area contributed by atoms with Crippen LogP contribution >= 0.6 is 11.6 Å². The summed E-state index contributed by atoms with van der Waals surface area (Å²) in [6.45, 7) is 3.22. The van der Waals surface area contributed by atoms with Gasteiger partial charge in [0.2, 0.25) is 10.0 Å². The Balaban J connectivity index is 4.38. The van der Waals surface area contributed by atoms with Gasteiger partial charge in [-0.1, -0.05) is 5.92 Å². The molecule has 0 spiro atoms. The quantitative estimate of drug-likeness (QED) is 0.543. The van der Waals surface area contributed by atoms with E-state index in [0.29, 0.717) is 0 Å². The van der Waals surface area contributed by atoms with Gasteiger partial charge in [-0.05, 0) is 13.8 Å². The largest absolute Gasteiger partial charge is 0.214 e. The zero-order chi connectivity index (χ0) is 9.83. The molecule has 0 aromatic carbocycles. The van der Waals surface area contributed by atoms with Crippen LogP contribution in [0, 0.1) is 12.3 Å². The minimum Gasteiger partial charge on any atom is -0.212 e. The van der Waals surface area contributed by atoms with Crippen molar-refractivity contribution in [3.63, 3.8) is 0 Å². The fraction of sp³-hybridized carbons (Fsp3) is 0.714. The number of hydrogen-bond acceptors (Lipinski definition) is 2. The van der Waals surface area contributed by atoms with Gasteiger partial charge in [0.1, 0.15) is 0 Å². The van der Waals surface area contributed by atoms with E-state index in [-0.39, 0.29) is 11.6 Å². The predicted octanol–water partition coefficient (Wildman–Crippen LogP) is 0.556. The summed E-state index contributed by atoms with van der Waals surface area (Å²) >= 11 is 5.29. The first kappa shape index (κ1) is 11.8. The lowest BCUT2D eigenvalue weighted by Crippen LogP contribution is -2.43. The smallest absolute Gasteiger partial charge is 0.212 e. The second-order valence-electron chi connectivity index (χ2n) is 2.88. The molecule has 5 heteroatoms. The molecule has 0 heterocycles. The molecule has 0 aromatic heterocycles. The van der Waals surface area contributed by atoms with Gasteiger partial charge in [-0.3, -0.25) is 0 Å². The first-order chi connectivity index (χ1) is 5.33. The van der Waals surface area contributed by atoms with E-state index in [2.05, 4.69) is 10.6 Å². The van der Waals surface area contributed by atoms with E-state index in [9.17, 15) is 8.42 Å². The molecule has 0 saturated heterocycles. The molecule has 0 amide bonds. The van der Waals surface area contributed by atoms with Crippen molar-refractivity contribution in [2.24, 2.45) is 0 Å². The lowest BCUT2D eigenvalue weighted by atomic mass is 10.1. The van der Waals surface area contributed by atoms with Crippen molar-refractivity contribution < 1.29 is 8.42 Å². The summed E-state index contributed by atoms with van der Waals surface area (Å²) in [5.74, 6) is 2.28. The molecule has 0 unspecified atom stereocenters.